The van der Waals surface area contributed by atoms with Crippen molar-refractivity contribution < 1.29 is 25.8 Å². The Labute approximate surface area is 302 Å². The van der Waals surface area contributed by atoms with Gasteiger partial charge in [-0.1, -0.05) is 142 Å². The Hall–Kier alpha value is -1.74. The van der Waals surface area contributed by atoms with Crippen molar-refractivity contribution in [2.75, 3.05) is 0 Å². The molecular weight excluding hydrogens is 723 g/mol. The monoisotopic (exact) mass is 784 g/mol. The fourth-order valence-electron chi connectivity index (χ4n) is 9.42. The van der Waals surface area contributed by atoms with E-state index in [0.717, 1.165) is 17.5 Å². The molecule has 2 aromatic carbocycles. The molecule has 4 aliphatic carbocycles. The molecule has 4 saturated carbocycles. The Balaban J connectivity index is 0.00000144. The van der Waals surface area contributed by atoms with Gasteiger partial charge in [-0.25, -0.2) is 0 Å². The second kappa shape index (κ2) is 18.7. The van der Waals surface area contributed by atoms with E-state index in [-0.39, 0.29) is 54.2 Å². The van der Waals surface area contributed by atoms with Crippen molar-refractivity contribution in [1.82, 2.24) is 4.98 Å². The molecule has 3 heteroatoms. The van der Waals surface area contributed by atoms with Gasteiger partial charge in [-0.15, -0.1) is 5.69 Å². The van der Waals surface area contributed by atoms with Crippen molar-refractivity contribution in [3.63, 3.8) is 0 Å². The SMILES string of the molecule is [CH3-].[CH3-].[CH3-].[Hf].c1ccc(C([N-]c2c(C3CCCCC3)cccc2C2CCCCC2)c2cccc(C3CCCC4CCCCC43)n2)cc1. The summed E-state index contributed by atoms with van der Waals surface area (Å²) in [6, 6.07) is 25.1. The van der Waals surface area contributed by atoms with Gasteiger partial charge in [0.15, 0.2) is 0 Å². The van der Waals surface area contributed by atoms with E-state index in [1.807, 2.05) is 0 Å². The maximum Gasteiger partial charge on any atom is 0.0440 e. The Morgan fingerprint density at radius 1 is 0.543 bits per heavy atom. The smallest absolute Gasteiger partial charge is 0.0440 e. The quantitative estimate of drug-likeness (QED) is 0.173. The molecule has 0 bridgehead atoms. The number of benzene rings is 2. The molecule has 0 aliphatic heterocycles. The third-order valence-corrected chi connectivity index (χ3v) is 11.6. The van der Waals surface area contributed by atoms with E-state index in [1.54, 1.807) is 0 Å². The van der Waals surface area contributed by atoms with E-state index in [9.17, 15) is 0 Å². The molecule has 2 nitrogen and oxygen atoms in total. The largest absolute Gasteiger partial charge is 0.673 e. The average Bonchev–Trinajstić information content (AvgIpc) is 3.08. The summed E-state index contributed by atoms with van der Waals surface area (Å²) in [7, 11) is 0. The normalized spacial score (nSPS) is 24.0. The Kier molecular flexibility index (Phi) is 15.7. The van der Waals surface area contributed by atoms with Gasteiger partial charge in [0, 0.05) is 43.1 Å². The Morgan fingerprint density at radius 3 is 1.76 bits per heavy atom. The van der Waals surface area contributed by atoms with Crippen LogP contribution in [0.25, 0.3) is 5.32 Å². The van der Waals surface area contributed by atoms with Crippen LogP contribution in [-0.4, -0.2) is 4.98 Å². The molecular formula is C43H60HfN2-4. The van der Waals surface area contributed by atoms with Gasteiger partial charge in [0.25, 0.3) is 0 Å². The second-order valence-corrected chi connectivity index (χ2v) is 14.1. The summed E-state index contributed by atoms with van der Waals surface area (Å²) in [6.45, 7) is 0. The minimum absolute atomic E-state index is 0. The summed E-state index contributed by atoms with van der Waals surface area (Å²) in [5.74, 6) is 3.64. The minimum Gasteiger partial charge on any atom is -0.673 e. The van der Waals surface area contributed by atoms with Crippen molar-refractivity contribution in [3.05, 3.63) is 122 Å². The zero-order chi connectivity index (χ0) is 28.1. The summed E-state index contributed by atoms with van der Waals surface area (Å²) in [5, 5.41) is 5.85. The third-order valence-electron chi connectivity index (χ3n) is 11.6. The number of fused-ring (bicyclic) bond motifs is 1. The van der Waals surface area contributed by atoms with Crippen molar-refractivity contribution >= 4 is 5.69 Å². The van der Waals surface area contributed by atoms with Crippen LogP contribution in [0.1, 0.15) is 161 Å². The van der Waals surface area contributed by atoms with Crippen molar-refractivity contribution in [3.8, 4) is 0 Å². The molecule has 4 fully saturated rings. The van der Waals surface area contributed by atoms with Crippen LogP contribution < -0.4 is 0 Å². The van der Waals surface area contributed by atoms with Crippen LogP contribution in [0.3, 0.4) is 0 Å². The molecule has 0 amide bonds. The van der Waals surface area contributed by atoms with E-state index in [4.69, 9.17) is 10.3 Å². The van der Waals surface area contributed by atoms with Crippen LogP contribution in [0.2, 0.25) is 0 Å². The maximum absolute atomic E-state index is 5.85. The maximum atomic E-state index is 5.85. The number of pyridine rings is 1. The van der Waals surface area contributed by atoms with E-state index in [2.05, 4.69) is 66.7 Å². The first-order valence-electron chi connectivity index (χ1n) is 17.7. The number of aromatic nitrogens is 1. The van der Waals surface area contributed by atoms with Gasteiger partial charge < -0.3 is 27.6 Å². The zero-order valence-electron chi connectivity index (χ0n) is 29.2. The van der Waals surface area contributed by atoms with Crippen LogP contribution >= 0.6 is 0 Å². The fourth-order valence-corrected chi connectivity index (χ4v) is 9.42. The summed E-state index contributed by atoms with van der Waals surface area (Å²) in [5.41, 5.74) is 8.12. The average molecular weight is 783 g/mol. The molecule has 1 heterocycles. The minimum atomic E-state index is -0.0658. The summed E-state index contributed by atoms with van der Waals surface area (Å²) < 4.78 is 0. The van der Waals surface area contributed by atoms with Crippen LogP contribution in [0.15, 0.2) is 66.7 Å². The van der Waals surface area contributed by atoms with Gasteiger partial charge in [-0.05, 0) is 80.4 Å². The van der Waals surface area contributed by atoms with Crippen LogP contribution in [0.5, 0.6) is 0 Å². The summed E-state index contributed by atoms with van der Waals surface area (Å²) >= 11 is 0. The molecule has 4 atom stereocenters. The first kappa shape index (κ1) is 38.7. The topological polar surface area (TPSA) is 27.0 Å². The summed E-state index contributed by atoms with van der Waals surface area (Å²) in [6.07, 6.45) is 23.2. The van der Waals surface area contributed by atoms with Gasteiger partial charge in [0.2, 0.25) is 0 Å². The van der Waals surface area contributed by atoms with E-state index in [1.165, 1.54) is 137 Å². The van der Waals surface area contributed by atoms with Crippen LogP contribution in [0.4, 0.5) is 5.69 Å². The van der Waals surface area contributed by atoms with Crippen LogP contribution in [-0.2, 0) is 25.8 Å². The van der Waals surface area contributed by atoms with Gasteiger partial charge in [0.1, 0.15) is 0 Å². The number of hydrogen-bond acceptors (Lipinski definition) is 1. The fraction of sp³-hybridized carbons (Fsp3) is 0.535. The van der Waals surface area contributed by atoms with Gasteiger partial charge in [0.05, 0.1) is 0 Å². The molecule has 1 aromatic heterocycles. The third kappa shape index (κ3) is 8.64. The zero-order valence-corrected chi connectivity index (χ0v) is 32.8. The standard InChI is InChI=1S/C40H51N2.3CH3.Hf/c1-4-15-30(16-5-1)34-24-13-25-35(31-17-6-2-7-18-31)40(34)42-39(32-20-8-3-9-21-32)38-28-14-27-37(41-38)36-26-12-22-29-19-10-11-23-33(29)36;;;;/h3,8-9,13-14,20-21,24-25,27-31,33,36,39H,1-2,4-7,10-12,15-19,22-23,26H2;3*1H3;/q4*-1;. The Morgan fingerprint density at radius 2 is 1.11 bits per heavy atom. The van der Waals surface area contributed by atoms with E-state index >= 15 is 0 Å². The van der Waals surface area contributed by atoms with Gasteiger partial charge >= 0.3 is 0 Å². The van der Waals surface area contributed by atoms with Crippen LogP contribution in [0, 0.1) is 34.1 Å². The molecule has 250 valence electrons. The Bertz CT molecular complexity index is 1250. The first-order valence-corrected chi connectivity index (χ1v) is 17.7. The van der Waals surface area contributed by atoms with Crippen molar-refractivity contribution in [1.29, 1.82) is 0 Å². The molecule has 0 saturated heterocycles. The molecule has 0 spiro atoms. The predicted octanol–water partition coefficient (Wildman–Crippen LogP) is 13.4. The van der Waals surface area contributed by atoms with E-state index < -0.39 is 0 Å². The second-order valence-electron chi connectivity index (χ2n) is 14.1. The number of hydrogen-bond donors (Lipinski definition) is 0. The van der Waals surface area contributed by atoms with E-state index in [0.29, 0.717) is 17.8 Å². The molecule has 4 unspecified atom stereocenters. The molecule has 46 heavy (non-hydrogen) atoms. The molecule has 4 aliphatic rings. The van der Waals surface area contributed by atoms with Crippen molar-refractivity contribution in [2.45, 2.75) is 133 Å². The first-order chi connectivity index (χ1) is 20.8. The van der Waals surface area contributed by atoms with Gasteiger partial charge in [-0.3, -0.25) is 4.98 Å². The van der Waals surface area contributed by atoms with Crippen molar-refractivity contribution in [2.24, 2.45) is 11.8 Å². The molecule has 7 rings (SSSR count). The number of para-hydroxylation sites is 1. The number of rotatable bonds is 7. The number of nitrogens with zero attached hydrogens (tertiary/aromatic N) is 2. The molecule has 3 aromatic rings. The molecule has 0 N–H and O–H groups in total. The summed E-state index contributed by atoms with van der Waals surface area (Å²) in [4.78, 5) is 5.55. The predicted molar refractivity (Wildman–Crippen MR) is 195 cm³/mol. The van der Waals surface area contributed by atoms with Gasteiger partial charge in [-0.2, -0.15) is 0 Å². The molecule has 0 radical (unpaired) electrons.